The van der Waals surface area contributed by atoms with Gasteiger partial charge in [0, 0.05) is 13.6 Å². The first kappa shape index (κ1) is 10.5. The molecule has 4 N–H and O–H groups in total. The van der Waals surface area contributed by atoms with Crippen molar-refractivity contribution in [2.24, 2.45) is 10.7 Å². The summed E-state index contributed by atoms with van der Waals surface area (Å²) in [5.74, 6) is 0.416. The van der Waals surface area contributed by atoms with Crippen LogP contribution in [0.3, 0.4) is 0 Å². The number of rotatable bonds is 3. The number of hydrogen-bond acceptors (Lipinski definition) is 2. The van der Waals surface area contributed by atoms with E-state index in [0.717, 1.165) is 11.1 Å². The van der Waals surface area contributed by atoms with Crippen LogP contribution in [0.2, 0.25) is 0 Å². The minimum atomic E-state index is 0.0607. The summed E-state index contributed by atoms with van der Waals surface area (Å²) in [4.78, 5) is 3.78. The molecule has 0 aliphatic rings. The van der Waals surface area contributed by atoms with Crippen molar-refractivity contribution in [3.8, 4) is 0 Å². The third kappa shape index (κ3) is 3.06. The Labute approximate surface area is 83.5 Å². The van der Waals surface area contributed by atoms with Crippen LogP contribution in [0.5, 0.6) is 0 Å². The van der Waals surface area contributed by atoms with Crippen LogP contribution in [0.15, 0.2) is 29.3 Å². The summed E-state index contributed by atoms with van der Waals surface area (Å²) in [6.07, 6.45) is 0. The van der Waals surface area contributed by atoms with Gasteiger partial charge in [-0.05, 0) is 11.1 Å². The number of guanidine groups is 1. The molecule has 0 aliphatic heterocycles. The molecule has 0 fully saturated rings. The number of hydrogen-bond donors (Lipinski definition) is 3. The van der Waals surface area contributed by atoms with Crippen LogP contribution in [0.1, 0.15) is 11.1 Å². The fourth-order valence-corrected chi connectivity index (χ4v) is 1.11. The Kier molecular flexibility index (Phi) is 3.94. The van der Waals surface area contributed by atoms with E-state index in [1.54, 1.807) is 7.05 Å². The van der Waals surface area contributed by atoms with E-state index in [0.29, 0.717) is 12.5 Å². The van der Waals surface area contributed by atoms with Gasteiger partial charge in [0.2, 0.25) is 0 Å². The van der Waals surface area contributed by atoms with Gasteiger partial charge in [0.05, 0.1) is 6.61 Å². The number of aliphatic imine (C=N–C) groups is 1. The average Bonchev–Trinajstić information content (AvgIpc) is 2.26. The molecule has 4 nitrogen and oxygen atoms in total. The van der Waals surface area contributed by atoms with Gasteiger partial charge in [-0.2, -0.15) is 0 Å². The minimum Gasteiger partial charge on any atom is -0.392 e. The third-order valence-corrected chi connectivity index (χ3v) is 1.89. The topological polar surface area (TPSA) is 70.6 Å². The van der Waals surface area contributed by atoms with E-state index in [-0.39, 0.29) is 6.61 Å². The molecule has 0 bridgehead atoms. The second kappa shape index (κ2) is 5.24. The maximum absolute atomic E-state index is 8.92. The smallest absolute Gasteiger partial charge is 0.188 e. The van der Waals surface area contributed by atoms with Crippen molar-refractivity contribution in [2.75, 3.05) is 7.05 Å². The Morgan fingerprint density at radius 1 is 1.50 bits per heavy atom. The summed E-state index contributed by atoms with van der Waals surface area (Å²) in [5.41, 5.74) is 7.45. The van der Waals surface area contributed by atoms with E-state index in [4.69, 9.17) is 10.8 Å². The predicted molar refractivity (Wildman–Crippen MR) is 56.8 cm³/mol. The van der Waals surface area contributed by atoms with Gasteiger partial charge in [0.15, 0.2) is 5.96 Å². The first-order chi connectivity index (χ1) is 6.76. The Morgan fingerprint density at radius 3 is 2.86 bits per heavy atom. The maximum Gasteiger partial charge on any atom is 0.188 e. The molecule has 1 aromatic rings. The van der Waals surface area contributed by atoms with Crippen LogP contribution in [0.25, 0.3) is 0 Å². The molecule has 76 valence electrons. The molecule has 14 heavy (non-hydrogen) atoms. The van der Waals surface area contributed by atoms with Crippen LogP contribution in [-0.4, -0.2) is 18.1 Å². The highest BCUT2D eigenvalue weighted by molar-refractivity contribution is 5.77. The molecule has 0 atom stereocenters. The summed E-state index contributed by atoms with van der Waals surface area (Å²) in [7, 11) is 1.63. The Balaban J connectivity index is 2.58. The summed E-state index contributed by atoms with van der Waals surface area (Å²) >= 11 is 0. The standard InChI is InChI=1S/C10H15N3O/c1-12-10(11)13-6-8-3-2-4-9(5-8)7-14/h2-5,14H,6-7H2,1H3,(H3,11,12,13). The molecule has 0 spiro atoms. The van der Waals surface area contributed by atoms with Crippen molar-refractivity contribution in [1.29, 1.82) is 0 Å². The monoisotopic (exact) mass is 193 g/mol. The molecule has 0 radical (unpaired) electrons. The highest BCUT2D eigenvalue weighted by Crippen LogP contribution is 2.04. The zero-order valence-electron chi connectivity index (χ0n) is 8.20. The lowest BCUT2D eigenvalue weighted by Crippen LogP contribution is -2.30. The summed E-state index contributed by atoms with van der Waals surface area (Å²) < 4.78 is 0. The Hall–Kier alpha value is -1.55. The van der Waals surface area contributed by atoms with Crippen LogP contribution < -0.4 is 11.1 Å². The summed E-state index contributed by atoms with van der Waals surface area (Å²) in [5, 5.41) is 11.9. The molecule has 0 saturated heterocycles. The van der Waals surface area contributed by atoms with Gasteiger partial charge >= 0.3 is 0 Å². The Bertz CT molecular complexity index is 323. The summed E-state index contributed by atoms with van der Waals surface area (Å²) in [6.45, 7) is 0.683. The van der Waals surface area contributed by atoms with Gasteiger partial charge in [-0.1, -0.05) is 24.3 Å². The predicted octanol–water partition coefficient (Wildman–Crippen LogP) is 0.213. The van der Waals surface area contributed by atoms with Gasteiger partial charge in [-0.3, -0.25) is 4.99 Å². The molecular formula is C10H15N3O. The van der Waals surface area contributed by atoms with Crippen molar-refractivity contribution < 1.29 is 5.11 Å². The fourth-order valence-electron chi connectivity index (χ4n) is 1.11. The van der Waals surface area contributed by atoms with Crippen molar-refractivity contribution in [3.63, 3.8) is 0 Å². The molecule has 0 aromatic heterocycles. The number of aliphatic hydroxyl groups is 1. The SMILES string of the molecule is CN=C(N)NCc1cccc(CO)c1. The number of benzene rings is 1. The van der Waals surface area contributed by atoms with E-state index in [9.17, 15) is 0 Å². The molecule has 1 rings (SSSR count). The van der Waals surface area contributed by atoms with Gasteiger partial charge in [-0.15, -0.1) is 0 Å². The molecule has 1 aromatic carbocycles. The van der Waals surface area contributed by atoms with Crippen molar-refractivity contribution in [3.05, 3.63) is 35.4 Å². The van der Waals surface area contributed by atoms with E-state index in [1.165, 1.54) is 0 Å². The van der Waals surface area contributed by atoms with Gasteiger partial charge < -0.3 is 16.2 Å². The lowest BCUT2D eigenvalue weighted by molar-refractivity contribution is 0.281. The number of aliphatic hydroxyl groups excluding tert-OH is 1. The van der Waals surface area contributed by atoms with Crippen molar-refractivity contribution in [2.45, 2.75) is 13.2 Å². The average molecular weight is 193 g/mol. The minimum absolute atomic E-state index is 0.0607. The van der Waals surface area contributed by atoms with E-state index >= 15 is 0 Å². The van der Waals surface area contributed by atoms with Crippen LogP contribution in [-0.2, 0) is 13.2 Å². The number of nitrogens with two attached hydrogens (primary N) is 1. The van der Waals surface area contributed by atoms with Crippen LogP contribution in [0, 0.1) is 0 Å². The third-order valence-electron chi connectivity index (χ3n) is 1.89. The molecule has 0 unspecified atom stereocenters. The van der Waals surface area contributed by atoms with E-state index in [2.05, 4.69) is 10.3 Å². The lowest BCUT2D eigenvalue weighted by Gasteiger charge is -2.05. The van der Waals surface area contributed by atoms with Crippen LogP contribution in [0.4, 0.5) is 0 Å². The molecule has 0 saturated carbocycles. The molecule has 0 aliphatic carbocycles. The summed E-state index contributed by atoms with van der Waals surface area (Å²) in [6, 6.07) is 7.67. The molecule has 0 amide bonds. The van der Waals surface area contributed by atoms with E-state index < -0.39 is 0 Å². The number of nitrogens with one attached hydrogen (secondary N) is 1. The first-order valence-electron chi connectivity index (χ1n) is 4.41. The molecule has 0 heterocycles. The largest absolute Gasteiger partial charge is 0.392 e. The number of nitrogens with zero attached hydrogens (tertiary/aromatic N) is 1. The fraction of sp³-hybridized carbons (Fsp3) is 0.300. The quantitative estimate of drug-likeness (QED) is 0.475. The highest BCUT2D eigenvalue weighted by atomic mass is 16.3. The maximum atomic E-state index is 8.92. The second-order valence-corrected chi connectivity index (χ2v) is 2.94. The normalized spacial score (nSPS) is 11.4. The van der Waals surface area contributed by atoms with E-state index in [1.807, 2.05) is 24.3 Å². The molecule has 4 heteroatoms. The van der Waals surface area contributed by atoms with Crippen molar-refractivity contribution in [1.82, 2.24) is 5.32 Å². The van der Waals surface area contributed by atoms with Gasteiger partial charge in [0.25, 0.3) is 0 Å². The van der Waals surface area contributed by atoms with Gasteiger partial charge in [0.1, 0.15) is 0 Å². The van der Waals surface area contributed by atoms with Crippen molar-refractivity contribution >= 4 is 5.96 Å². The lowest BCUT2D eigenvalue weighted by atomic mass is 10.1. The zero-order valence-corrected chi connectivity index (χ0v) is 8.20. The van der Waals surface area contributed by atoms with Crippen LogP contribution >= 0.6 is 0 Å². The highest BCUT2D eigenvalue weighted by Gasteiger charge is 1.95. The Morgan fingerprint density at radius 2 is 2.21 bits per heavy atom. The zero-order chi connectivity index (χ0) is 10.4. The van der Waals surface area contributed by atoms with Gasteiger partial charge in [-0.25, -0.2) is 0 Å². The molecular weight excluding hydrogens is 178 g/mol. The second-order valence-electron chi connectivity index (χ2n) is 2.94. The first-order valence-corrected chi connectivity index (χ1v) is 4.41.